The van der Waals surface area contributed by atoms with Crippen LogP contribution in [0.5, 0.6) is 5.75 Å². The van der Waals surface area contributed by atoms with E-state index in [-0.39, 0.29) is 0 Å². The minimum Gasteiger partial charge on any atom is -0.496 e. The first kappa shape index (κ1) is 9.71. The van der Waals surface area contributed by atoms with Crippen LogP contribution in [0.25, 0.3) is 0 Å². The number of methoxy groups -OCH3 is 1. The Morgan fingerprint density at radius 3 is 2.77 bits per heavy atom. The van der Waals surface area contributed by atoms with Crippen LogP contribution in [0, 0.1) is 6.92 Å². The molecule has 0 spiro atoms. The molecule has 0 fully saturated rings. The molecule has 0 amide bonds. The molecule has 0 N–H and O–H groups in total. The lowest BCUT2D eigenvalue weighted by molar-refractivity contribution is 0.0955. The van der Waals surface area contributed by atoms with Crippen LogP contribution in [-0.2, 0) is 0 Å². The molecule has 0 aromatic heterocycles. The lowest BCUT2D eigenvalue weighted by Crippen LogP contribution is -2.04. The molecule has 0 heterocycles. The fourth-order valence-corrected chi connectivity index (χ4v) is 1.11. The highest BCUT2D eigenvalue weighted by Gasteiger charge is 2.11. The van der Waals surface area contributed by atoms with Crippen molar-refractivity contribution < 1.29 is 13.9 Å². The lowest BCUT2D eigenvalue weighted by Gasteiger charge is -2.06. The highest BCUT2D eigenvalue weighted by Crippen LogP contribution is 2.20. The summed E-state index contributed by atoms with van der Waals surface area (Å²) in [6.45, 7) is 0.855. The van der Waals surface area contributed by atoms with Crippen molar-refractivity contribution in [2.45, 2.75) is 6.92 Å². The normalized spacial score (nSPS) is 9.77. The van der Waals surface area contributed by atoms with Crippen molar-refractivity contribution in [1.82, 2.24) is 0 Å². The fraction of sp³-hybridized carbons (Fsp3) is 0.300. The molecule has 0 aliphatic rings. The number of rotatable bonds is 3. The van der Waals surface area contributed by atoms with Gasteiger partial charge in [-0.15, -0.1) is 0 Å². The largest absolute Gasteiger partial charge is 0.496 e. The van der Waals surface area contributed by atoms with Crippen molar-refractivity contribution in [1.29, 1.82) is 0 Å². The van der Waals surface area contributed by atoms with Gasteiger partial charge in [-0.2, -0.15) is 0 Å². The zero-order chi connectivity index (χ0) is 9.84. The highest BCUT2D eigenvalue weighted by atomic mass is 19.1. The number of ketones is 1. The number of benzene rings is 1. The SMILES string of the molecule is COc1ccc(C)cc1C(=O)CF. The molecule has 0 aliphatic heterocycles. The van der Waals surface area contributed by atoms with E-state index >= 15 is 0 Å². The standard InChI is InChI=1S/C10H11FO2/c1-7-3-4-10(13-2)8(5-7)9(12)6-11/h3-5H,6H2,1-2H3. The predicted octanol–water partition coefficient (Wildman–Crippen LogP) is 2.16. The van der Waals surface area contributed by atoms with Gasteiger partial charge in [-0.1, -0.05) is 11.6 Å². The van der Waals surface area contributed by atoms with Gasteiger partial charge in [0, 0.05) is 0 Å². The molecular weight excluding hydrogens is 171 g/mol. The van der Waals surface area contributed by atoms with E-state index in [0.29, 0.717) is 11.3 Å². The van der Waals surface area contributed by atoms with E-state index in [9.17, 15) is 9.18 Å². The monoisotopic (exact) mass is 182 g/mol. The second-order valence-corrected chi connectivity index (χ2v) is 2.76. The van der Waals surface area contributed by atoms with E-state index in [4.69, 9.17) is 4.74 Å². The Labute approximate surface area is 76.3 Å². The topological polar surface area (TPSA) is 26.3 Å². The van der Waals surface area contributed by atoms with Crippen LogP contribution >= 0.6 is 0 Å². The fourth-order valence-electron chi connectivity index (χ4n) is 1.11. The molecule has 1 aromatic rings. The Morgan fingerprint density at radius 1 is 1.54 bits per heavy atom. The van der Waals surface area contributed by atoms with Crippen LogP contribution in [0.4, 0.5) is 4.39 Å². The van der Waals surface area contributed by atoms with Crippen LogP contribution in [0.15, 0.2) is 18.2 Å². The number of ether oxygens (including phenoxy) is 1. The van der Waals surface area contributed by atoms with Crippen molar-refractivity contribution in [2.24, 2.45) is 0 Å². The summed E-state index contributed by atoms with van der Waals surface area (Å²) in [6, 6.07) is 5.10. The third-order valence-corrected chi connectivity index (χ3v) is 1.78. The Kier molecular flexibility index (Phi) is 3.01. The van der Waals surface area contributed by atoms with Crippen LogP contribution in [-0.4, -0.2) is 19.6 Å². The molecule has 1 aromatic carbocycles. The zero-order valence-corrected chi connectivity index (χ0v) is 7.63. The third kappa shape index (κ3) is 2.05. The average molecular weight is 182 g/mol. The molecule has 0 unspecified atom stereocenters. The van der Waals surface area contributed by atoms with E-state index in [1.807, 2.05) is 13.0 Å². The van der Waals surface area contributed by atoms with Gasteiger partial charge >= 0.3 is 0 Å². The highest BCUT2D eigenvalue weighted by molar-refractivity contribution is 5.99. The van der Waals surface area contributed by atoms with Gasteiger partial charge in [0.05, 0.1) is 12.7 Å². The van der Waals surface area contributed by atoms with Crippen LogP contribution in [0.2, 0.25) is 0 Å². The van der Waals surface area contributed by atoms with Gasteiger partial charge in [-0.3, -0.25) is 4.79 Å². The summed E-state index contributed by atoms with van der Waals surface area (Å²) < 4.78 is 17.1. The van der Waals surface area contributed by atoms with Crippen LogP contribution in [0.1, 0.15) is 15.9 Å². The van der Waals surface area contributed by atoms with Gasteiger partial charge in [0.1, 0.15) is 5.75 Å². The van der Waals surface area contributed by atoms with E-state index in [1.54, 1.807) is 12.1 Å². The maximum Gasteiger partial charge on any atom is 0.197 e. The second-order valence-electron chi connectivity index (χ2n) is 2.76. The summed E-state index contributed by atoms with van der Waals surface area (Å²) >= 11 is 0. The molecule has 0 saturated heterocycles. The quantitative estimate of drug-likeness (QED) is 0.669. The first-order chi connectivity index (χ1) is 6.19. The smallest absolute Gasteiger partial charge is 0.197 e. The first-order valence-corrected chi connectivity index (χ1v) is 3.93. The van der Waals surface area contributed by atoms with E-state index in [0.717, 1.165) is 5.56 Å². The minimum atomic E-state index is -0.986. The van der Waals surface area contributed by atoms with E-state index in [2.05, 4.69) is 0 Å². The molecule has 0 atom stereocenters. The van der Waals surface area contributed by atoms with Crippen molar-refractivity contribution in [2.75, 3.05) is 13.8 Å². The Morgan fingerprint density at radius 2 is 2.23 bits per heavy atom. The van der Waals surface area contributed by atoms with Gasteiger partial charge < -0.3 is 4.74 Å². The van der Waals surface area contributed by atoms with E-state index < -0.39 is 12.5 Å². The molecule has 13 heavy (non-hydrogen) atoms. The van der Waals surface area contributed by atoms with Gasteiger partial charge in [-0.05, 0) is 19.1 Å². The summed E-state index contributed by atoms with van der Waals surface area (Å²) in [5, 5.41) is 0. The lowest BCUT2D eigenvalue weighted by atomic mass is 10.1. The van der Waals surface area contributed by atoms with Crippen LogP contribution in [0.3, 0.4) is 0 Å². The average Bonchev–Trinajstić information content (AvgIpc) is 2.16. The minimum absolute atomic E-state index is 0.310. The Bertz CT molecular complexity index is 321. The molecule has 0 bridgehead atoms. The maximum absolute atomic E-state index is 12.1. The number of aryl methyl sites for hydroxylation is 1. The predicted molar refractivity (Wildman–Crippen MR) is 48.0 cm³/mol. The van der Waals surface area contributed by atoms with Crippen molar-refractivity contribution in [3.63, 3.8) is 0 Å². The summed E-state index contributed by atoms with van der Waals surface area (Å²) in [6.07, 6.45) is 0. The van der Waals surface area contributed by atoms with Crippen molar-refractivity contribution >= 4 is 5.78 Å². The second kappa shape index (κ2) is 4.03. The number of alkyl halides is 1. The maximum atomic E-state index is 12.1. The number of carbonyl (C=O) groups is 1. The van der Waals surface area contributed by atoms with E-state index in [1.165, 1.54) is 7.11 Å². The molecule has 2 nitrogen and oxygen atoms in total. The van der Waals surface area contributed by atoms with Gasteiger partial charge in [0.25, 0.3) is 0 Å². The molecular formula is C10H11FO2. The molecule has 1 rings (SSSR count). The molecule has 0 saturated carbocycles. The number of hydrogen-bond donors (Lipinski definition) is 0. The summed E-state index contributed by atoms with van der Waals surface area (Å²) in [5.41, 5.74) is 1.22. The van der Waals surface area contributed by atoms with Crippen LogP contribution < -0.4 is 4.74 Å². The van der Waals surface area contributed by atoms with Crippen molar-refractivity contribution in [3.8, 4) is 5.75 Å². The molecule has 0 aliphatic carbocycles. The summed E-state index contributed by atoms with van der Waals surface area (Å²) in [5.74, 6) is -0.117. The van der Waals surface area contributed by atoms with Gasteiger partial charge in [0.2, 0.25) is 0 Å². The molecule has 3 heteroatoms. The third-order valence-electron chi connectivity index (χ3n) is 1.78. The number of hydrogen-bond acceptors (Lipinski definition) is 2. The van der Waals surface area contributed by atoms with Gasteiger partial charge in [0.15, 0.2) is 12.5 Å². The van der Waals surface area contributed by atoms with Gasteiger partial charge in [-0.25, -0.2) is 4.39 Å². The molecule has 0 radical (unpaired) electrons. The Balaban J connectivity index is 3.15. The number of halogens is 1. The molecule has 70 valence electrons. The van der Waals surface area contributed by atoms with Crippen molar-refractivity contribution in [3.05, 3.63) is 29.3 Å². The zero-order valence-electron chi connectivity index (χ0n) is 7.63. The Hall–Kier alpha value is -1.38. The number of carbonyl (C=O) groups excluding carboxylic acids is 1. The summed E-state index contributed by atoms with van der Waals surface area (Å²) in [7, 11) is 1.46. The number of Topliss-reactive ketones (excluding diaryl/α,β-unsaturated/α-hetero) is 1. The first-order valence-electron chi connectivity index (χ1n) is 3.93. The summed E-state index contributed by atoms with van der Waals surface area (Å²) in [4.78, 5) is 11.1.